The van der Waals surface area contributed by atoms with Gasteiger partial charge >= 0.3 is 0 Å². The van der Waals surface area contributed by atoms with Crippen molar-refractivity contribution in [2.24, 2.45) is 46.3 Å². The number of fused-ring (bicyclic) bond motifs is 5. The van der Waals surface area contributed by atoms with Crippen LogP contribution in [0.5, 0.6) is 0 Å². The summed E-state index contributed by atoms with van der Waals surface area (Å²) in [6, 6.07) is 0. The molecule has 0 aromatic heterocycles. The number of rotatable bonds is 6. The highest BCUT2D eigenvalue weighted by molar-refractivity contribution is 5.28. The maximum atomic E-state index is 10.3. The fourth-order valence-corrected chi connectivity index (χ4v) is 8.85. The molecule has 0 heterocycles. The molecule has 0 saturated heterocycles. The van der Waals surface area contributed by atoms with Gasteiger partial charge in [-0.2, -0.15) is 0 Å². The van der Waals surface area contributed by atoms with Crippen LogP contribution in [0.1, 0.15) is 98.8 Å². The van der Waals surface area contributed by atoms with E-state index < -0.39 is 0 Å². The summed E-state index contributed by atoms with van der Waals surface area (Å²) in [6.07, 6.45) is 15.4. The van der Waals surface area contributed by atoms with Crippen LogP contribution in [-0.2, 0) is 4.74 Å². The lowest BCUT2D eigenvalue weighted by Crippen LogP contribution is -2.55. The summed E-state index contributed by atoms with van der Waals surface area (Å²) in [5.41, 5.74) is 2.29. The van der Waals surface area contributed by atoms with E-state index in [-0.39, 0.29) is 12.2 Å². The number of hydrogen-bond acceptors (Lipinski definition) is 2. The third kappa shape index (κ3) is 3.72. The predicted molar refractivity (Wildman–Crippen MR) is 125 cm³/mol. The van der Waals surface area contributed by atoms with E-state index in [2.05, 4.69) is 40.7 Å². The van der Waals surface area contributed by atoms with E-state index in [1.807, 2.05) is 7.11 Å². The Morgan fingerprint density at radius 3 is 2.50 bits per heavy atom. The van der Waals surface area contributed by atoms with E-state index in [9.17, 15) is 5.11 Å². The molecule has 0 amide bonds. The van der Waals surface area contributed by atoms with Gasteiger partial charge in [-0.1, -0.05) is 65.5 Å². The van der Waals surface area contributed by atoms with Crippen LogP contribution in [0.15, 0.2) is 11.6 Å². The second kappa shape index (κ2) is 8.54. The smallest absolute Gasteiger partial charge is 0.0788 e. The minimum Gasteiger partial charge on any atom is -0.393 e. The summed E-state index contributed by atoms with van der Waals surface area (Å²) >= 11 is 0. The summed E-state index contributed by atoms with van der Waals surface area (Å²) in [7, 11) is 1.92. The van der Waals surface area contributed by atoms with Crippen LogP contribution in [0.3, 0.4) is 0 Å². The Balaban J connectivity index is 1.56. The molecule has 9 atom stereocenters. The van der Waals surface area contributed by atoms with E-state index in [0.717, 1.165) is 48.9 Å². The molecule has 0 aromatic carbocycles. The van der Waals surface area contributed by atoms with Crippen molar-refractivity contribution >= 4 is 0 Å². The van der Waals surface area contributed by atoms with Gasteiger partial charge in [-0.05, 0) is 91.3 Å². The Morgan fingerprint density at radius 2 is 1.80 bits per heavy atom. The zero-order valence-corrected chi connectivity index (χ0v) is 20.6. The molecule has 0 aliphatic heterocycles. The average molecular weight is 417 g/mol. The topological polar surface area (TPSA) is 29.5 Å². The fraction of sp³-hybridized carbons (Fsp3) is 0.929. The molecule has 30 heavy (non-hydrogen) atoms. The molecule has 4 rings (SSSR count). The van der Waals surface area contributed by atoms with Gasteiger partial charge in [0.05, 0.1) is 12.2 Å². The zero-order valence-electron chi connectivity index (χ0n) is 20.6. The predicted octanol–water partition coefficient (Wildman–Crippen LogP) is 7.01. The van der Waals surface area contributed by atoms with Gasteiger partial charge in [0.2, 0.25) is 0 Å². The highest BCUT2D eigenvalue weighted by Crippen LogP contribution is 2.67. The molecular weight excluding hydrogens is 368 g/mol. The van der Waals surface area contributed by atoms with E-state index in [0.29, 0.717) is 16.7 Å². The molecular formula is C28H48O2. The maximum Gasteiger partial charge on any atom is 0.0788 e. The van der Waals surface area contributed by atoms with E-state index in [1.165, 1.54) is 50.5 Å². The number of aliphatic hydroxyl groups excluding tert-OH is 1. The zero-order chi connectivity index (χ0) is 21.7. The molecule has 1 N–H and O–H groups in total. The van der Waals surface area contributed by atoms with E-state index in [1.54, 1.807) is 0 Å². The lowest BCUT2D eigenvalue weighted by Gasteiger charge is -2.60. The first-order valence-electron chi connectivity index (χ1n) is 13.1. The molecule has 2 heteroatoms. The lowest BCUT2D eigenvalue weighted by molar-refractivity contribution is -0.106. The first-order chi connectivity index (χ1) is 14.2. The number of methoxy groups -OCH3 is 1. The van der Waals surface area contributed by atoms with E-state index in [4.69, 9.17) is 4.74 Å². The molecule has 0 bridgehead atoms. The Labute approximate surface area is 186 Å². The Kier molecular flexibility index (Phi) is 6.50. The van der Waals surface area contributed by atoms with Crippen LogP contribution < -0.4 is 0 Å². The maximum absolute atomic E-state index is 10.3. The summed E-state index contributed by atoms with van der Waals surface area (Å²) in [6.45, 7) is 12.5. The van der Waals surface area contributed by atoms with Gasteiger partial charge in [0.15, 0.2) is 0 Å². The number of ether oxygens (including phenoxy) is 1. The van der Waals surface area contributed by atoms with Gasteiger partial charge in [0, 0.05) is 7.11 Å². The van der Waals surface area contributed by atoms with Crippen molar-refractivity contribution in [1.82, 2.24) is 0 Å². The number of hydrogen-bond donors (Lipinski definition) is 1. The van der Waals surface area contributed by atoms with Crippen LogP contribution in [0.2, 0.25) is 0 Å². The summed E-state index contributed by atoms with van der Waals surface area (Å²) < 4.78 is 6.17. The molecule has 0 aromatic rings. The second-order valence-electron chi connectivity index (χ2n) is 12.5. The minimum atomic E-state index is -0.144. The number of aliphatic hydroxyl groups is 1. The van der Waals surface area contributed by atoms with Gasteiger partial charge in [-0.3, -0.25) is 0 Å². The van der Waals surface area contributed by atoms with Crippen LogP contribution in [0.25, 0.3) is 0 Å². The normalized spacial score (nSPS) is 46.7. The van der Waals surface area contributed by atoms with Crippen molar-refractivity contribution in [3.05, 3.63) is 11.6 Å². The van der Waals surface area contributed by atoms with Crippen molar-refractivity contribution in [3.63, 3.8) is 0 Å². The molecule has 4 aliphatic rings. The standard InChI is InChI=1S/C28H48O2/c1-18(2)8-7-9-19(3)22-10-11-23-26-24(13-15-28(22,23)5)27(4)14-12-21(29)16-20(27)17-25(26)30-6/h17-19,21-26,29H,7-16H2,1-6H3/t19-,21-,22-,23+,24+,25+,26+,27-,28+/m0/s1. The van der Waals surface area contributed by atoms with Crippen molar-refractivity contribution in [2.75, 3.05) is 7.11 Å². The van der Waals surface area contributed by atoms with Gasteiger partial charge in [-0.15, -0.1) is 0 Å². The quantitative estimate of drug-likeness (QED) is 0.472. The monoisotopic (exact) mass is 416 g/mol. The average Bonchev–Trinajstić information content (AvgIpc) is 3.05. The highest BCUT2D eigenvalue weighted by Gasteiger charge is 2.61. The Bertz CT molecular complexity index is 639. The van der Waals surface area contributed by atoms with Crippen molar-refractivity contribution in [3.8, 4) is 0 Å². The van der Waals surface area contributed by atoms with Crippen molar-refractivity contribution in [1.29, 1.82) is 0 Å². The molecule has 0 unspecified atom stereocenters. The largest absolute Gasteiger partial charge is 0.393 e. The lowest BCUT2D eigenvalue weighted by atomic mass is 9.46. The van der Waals surface area contributed by atoms with Gasteiger partial charge in [0.1, 0.15) is 0 Å². The first kappa shape index (κ1) is 22.8. The van der Waals surface area contributed by atoms with Gasteiger partial charge in [0.25, 0.3) is 0 Å². The third-order valence-electron chi connectivity index (χ3n) is 10.6. The minimum absolute atomic E-state index is 0.144. The Morgan fingerprint density at radius 1 is 1.03 bits per heavy atom. The highest BCUT2D eigenvalue weighted by atomic mass is 16.5. The van der Waals surface area contributed by atoms with Crippen LogP contribution >= 0.6 is 0 Å². The fourth-order valence-electron chi connectivity index (χ4n) is 8.85. The van der Waals surface area contributed by atoms with Crippen LogP contribution in [0.4, 0.5) is 0 Å². The van der Waals surface area contributed by atoms with Gasteiger partial charge in [-0.25, -0.2) is 0 Å². The van der Waals surface area contributed by atoms with Crippen molar-refractivity contribution in [2.45, 2.75) is 111 Å². The van der Waals surface area contributed by atoms with Crippen LogP contribution in [0, 0.1) is 46.3 Å². The summed E-state index contributed by atoms with van der Waals surface area (Å²) in [5, 5.41) is 10.3. The SMILES string of the molecule is CO[C@@H]1C=C2C[C@@H](O)CC[C@]2(C)[C@@H]2CC[C@@]3(C)[C@H](CC[C@H]3[C@@H](C)CCCC(C)C)[C@H]21. The third-order valence-corrected chi connectivity index (χ3v) is 10.6. The molecule has 3 saturated carbocycles. The van der Waals surface area contributed by atoms with Crippen LogP contribution in [-0.4, -0.2) is 24.4 Å². The first-order valence-corrected chi connectivity index (χ1v) is 13.1. The molecule has 2 nitrogen and oxygen atoms in total. The summed E-state index contributed by atoms with van der Waals surface area (Å²) in [4.78, 5) is 0. The molecule has 3 fully saturated rings. The molecule has 172 valence electrons. The summed E-state index contributed by atoms with van der Waals surface area (Å²) in [5.74, 6) is 4.79. The second-order valence-corrected chi connectivity index (χ2v) is 12.5. The van der Waals surface area contributed by atoms with Gasteiger partial charge < -0.3 is 9.84 Å². The Hall–Kier alpha value is -0.340. The molecule has 4 aliphatic carbocycles. The van der Waals surface area contributed by atoms with Crippen molar-refractivity contribution < 1.29 is 9.84 Å². The molecule has 0 spiro atoms. The van der Waals surface area contributed by atoms with E-state index >= 15 is 0 Å². The molecule has 0 radical (unpaired) electrons.